The third kappa shape index (κ3) is 5.57. The van der Waals surface area contributed by atoms with E-state index in [-0.39, 0.29) is 66.7 Å². The predicted molar refractivity (Wildman–Crippen MR) is 163 cm³/mol. The Hall–Kier alpha value is -3.18. The Bertz CT molecular complexity index is 1220. The first-order valence-corrected chi connectivity index (χ1v) is 16.2. The third-order valence-corrected chi connectivity index (χ3v) is 10.5. The van der Waals surface area contributed by atoms with Crippen LogP contribution in [0.2, 0.25) is 0 Å². The number of rotatable bonds is 4. The number of hydrogen-bond acceptors (Lipinski definition) is 9. The highest BCUT2D eigenvalue weighted by atomic mass is 19.1. The van der Waals surface area contributed by atoms with Gasteiger partial charge in [-0.05, 0) is 50.6 Å². The minimum Gasteiger partial charge on any atom is -0.332 e. The molecule has 10 atom stereocenters. The van der Waals surface area contributed by atoms with Gasteiger partial charge in [0.1, 0.15) is 12.3 Å². The van der Waals surface area contributed by atoms with Crippen molar-refractivity contribution in [3.8, 4) is 6.07 Å². The molecule has 6 heterocycles. The molecule has 0 radical (unpaired) electrons. The molecule has 13 heteroatoms. The van der Waals surface area contributed by atoms with Crippen molar-refractivity contribution < 1.29 is 14.0 Å². The van der Waals surface area contributed by atoms with E-state index in [9.17, 15) is 14.9 Å². The number of halogens is 1. The first-order chi connectivity index (χ1) is 21.2. The maximum Gasteiger partial charge on any atom is 0.320 e. The number of alkyl halides is 1. The van der Waals surface area contributed by atoms with Gasteiger partial charge in [-0.2, -0.15) is 5.26 Å². The quantitative estimate of drug-likeness (QED) is 0.237. The summed E-state index contributed by atoms with van der Waals surface area (Å²) >= 11 is 0. The van der Waals surface area contributed by atoms with Crippen LogP contribution in [0.4, 0.5) is 9.18 Å². The molecule has 6 aliphatic rings. The number of fused-ring (bicyclic) bond motifs is 5. The van der Waals surface area contributed by atoms with Crippen LogP contribution in [0.25, 0.3) is 0 Å². The van der Waals surface area contributed by atoms with Crippen molar-refractivity contribution in [2.75, 3.05) is 19.6 Å². The molecule has 0 aromatic heterocycles. The van der Waals surface area contributed by atoms with Gasteiger partial charge >= 0.3 is 6.03 Å². The number of amides is 3. The number of nitrogens with one attached hydrogen (secondary N) is 5. The Kier molecular flexibility index (Phi) is 8.88. The molecule has 44 heavy (non-hydrogen) atoms. The summed E-state index contributed by atoms with van der Waals surface area (Å²) in [5, 5.41) is 22.0. The van der Waals surface area contributed by atoms with Crippen molar-refractivity contribution in [1.29, 1.82) is 5.26 Å². The number of nitriles is 1. The number of carbonyl (C=O) groups is 2. The summed E-state index contributed by atoms with van der Waals surface area (Å²) < 4.78 is 16.3. The summed E-state index contributed by atoms with van der Waals surface area (Å²) in [7, 11) is 0. The molecule has 5 N–H and O–H groups in total. The minimum absolute atomic E-state index is 0.0865. The summed E-state index contributed by atoms with van der Waals surface area (Å²) in [5.74, 6) is 0.0508. The van der Waals surface area contributed by atoms with Crippen LogP contribution in [0.3, 0.4) is 0 Å². The first kappa shape index (κ1) is 30.8. The highest BCUT2D eigenvalue weighted by molar-refractivity contribution is 5.87. The standard InChI is InChI=1S/C31H47FN10O2/c1-5-25(43)40-15-19(4)39(17-22(40)10-12-33)28-23-14-24(32)30-35-29(23)42(31(44)36-28)27-20(11-13-34-26(27)18(2)3)8-6-7-9-21-16-41(30)38-37-21/h5-7,16,18-20,22-24,26-30,34-35,37-38H,1,8-11,13-15,17H2,2-4H3,(H,36,44). The monoisotopic (exact) mass is 610 g/mol. The Morgan fingerprint density at radius 3 is 2.82 bits per heavy atom. The molecular formula is C31H47FN10O2. The smallest absolute Gasteiger partial charge is 0.320 e. The molecule has 4 bridgehead atoms. The van der Waals surface area contributed by atoms with E-state index in [1.54, 1.807) is 9.91 Å². The van der Waals surface area contributed by atoms with Crippen molar-refractivity contribution >= 4 is 11.9 Å². The summed E-state index contributed by atoms with van der Waals surface area (Å²) in [6, 6.07) is 1.58. The maximum absolute atomic E-state index is 16.3. The van der Waals surface area contributed by atoms with Gasteiger partial charge in [0.25, 0.3) is 0 Å². The highest BCUT2D eigenvalue weighted by Gasteiger charge is 2.56. The summed E-state index contributed by atoms with van der Waals surface area (Å²) in [4.78, 5) is 33.0. The molecule has 4 fully saturated rings. The highest BCUT2D eigenvalue weighted by Crippen LogP contribution is 2.40. The molecule has 0 aromatic rings. The van der Waals surface area contributed by atoms with Crippen molar-refractivity contribution in [2.45, 2.75) is 102 Å². The summed E-state index contributed by atoms with van der Waals surface area (Å²) in [5.41, 5.74) is 7.25. The molecule has 240 valence electrons. The van der Waals surface area contributed by atoms with E-state index in [0.717, 1.165) is 25.1 Å². The van der Waals surface area contributed by atoms with Crippen molar-refractivity contribution in [1.82, 2.24) is 46.6 Å². The van der Waals surface area contributed by atoms with Crippen LogP contribution in [-0.2, 0) is 4.79 Å². The van der Waals surface area contributed by atoms with E-state index in [2.05, 4.69) is 70.5 Å². The Morgan fingerprint density at radius 2 is 2.07 bits per heavy atom. The first-order valence-electron chi connectivity index (χ1n) is 16.2. The topological polar surface area (TPSA) is 131 Å². The van der Waals surface area contributed by atoms with Crippen LogP contribution in [0.1, 0.15) is 52.9 Å². The predicted octanol–water partition coefficient (Wildman–Crippen LogP) is 1.46. The largest absolute Gasteiger partial charge is 0.332 e. The third-order valence-electron chi connectivity index (χ3n) is 10.5. The number of hydrazine groups is 2. The maximum atomic E-state index is 16.3. The van der Waals surface area contributed by atoms with Gasteiger partial charge in [0.15, 0.2) is 0 Å². The van der Waals surface area contributed by atoms with Gasteiger partial charge in [-0.25, -0.2) is 9.18 Å². The second-order valence-electron chi connectivity index (χ2n) is 13.5. The molecule has 12 nitrogen and oxygen atoms in total. The summed E-state index contributed by atoms with van der Waals surface area (Å²) in [6.07, 6.45) is 7.68. The molecule has 6 rings (SSSR count). The van der Waals surface area contributed by atoms with Gasteiger partial charge in [-0.15, -0.1) is 5.53 Å². The molecule has 0 saturated carbocycles. The van der Waals surface area contributed by atoms with E-state index >= 15 is 4.39 Å². The van der Waals surface area contributed by atoms with Gasteiger partial charge in [0, 0.05) is 49.4 Å². The molecule has 6 aliphatic heterocycles. The molecule has 3 amide bonds. The molecule has 0 aromatic carbocycles. The van der Waals surface area contributed by atoms with Crippen LogP contribution in [0.15, 0.2) is 36.7 Å². The van der Waals surface area contributed by atoms with Gasteiger partial charge in [-0.3, -0.25) is 20.0 Å². The molecule has 10 unspecified atom stereocenters. The van der Waals surface area contributed by atoms with Gasteiger partial charge < -0.3 is 25.9 Å². The molecule has 4 saturated heterocycles. The number of nitrogens with zero attached hydrogens (tertiary/aromatic N) is 5. The zero-order valence-electron chi connectivity index (χ0n) is 26.0. The molecule has 0 spiro atoms. The number of carbonyl (C=O) groups excluding carboxylic acids is 2. The number of urea groups is 1. The van der Waals surface area contributed by atoms with Crippen LogP contribution in [0.5, 0.6) is 0 Å². The van der Waals surface area contributed by atoms with E-state index in [4.69, 9.17) is 0 Å². The normalized spacial score (nSPS) is 39.1. The molecule has 0 aliphatic carbocycles. The van der Waals surface area contributed by atoms with Crippen LogP contribution >= 0.6 is 0 Å². The lowest BCUT2D eigenvalue weighted by molar-refractivity contribution is -0.137. The lowest BCUT2D eigenvalue weighted by atomic mass is 9.77. The Labute approximate surface area is 259 Å². The van der Waals surface area contributed by atoms with Gasteiger partial charge in [-0.1, -0.05) is 32.6 Å². The fraction of sp³-hybridized carbons (Fsp3) is 0.710. The van der Waals surface area contributed by atoms with E-state index in [0.29, 0.717) is 19.5 Å². The lowest BCUT2D eigenvalue weighted by Crippen LogP contribution is -2.80. The fourth-order valence-electron chi connectivity index (χ4n) is 8.37. The van der Waals surface area contributed by atoms with E-state index in [1.165, 1.54) is 6.08 Å². The van der Waals surface area contributed by atoms with E-state index in [1.807, 2.05) is 18.0 Å². The molecular weight excluding hydrogens is 563 g/mol. The Morgan fingerprint density at radius 1 is 1.25 bits per heavy atom. The van der Waals surface area contributed by atoms with Crippen molar-refractivity contribution in [3.05, 3.63) is 36.7 Å². The van der Waals surface area contributed by atoms with Crippen LogP contribution < -0.4 is 26.9 Å². The number of piperidine rings is 2. The zero-order valence-corrected chi connectivity index (χ0v) is 26.0. The number of hydrogen-bond donors (Lipinski definition) is 5. The van der Waals surface area contributed by atoms with Gasteiger partial charge in [0.05, 0.1) is 36.9 Å². The lowest BCUT2D eigenvalue weighted by Gasteiger charge is -2.60. The van der Waals surface area contributed by atoms with E-state index < -0.39 is 24.7 Å². The average Bonchev–Trinajstić information content (AvgIpc) is 3.48. The Balaban J connectivity index is 1.38. The average molecular weight is 611 g/mol. The number of piperazine rings is 1. The fourth-order valence-corrected chi connectivity index (χ4v) is 8.37. The SMILES string of the molecule is C=CC(=O)N1CC(C)N(C2NC(=O)N3C4NC(C(F)CC24)N2C=C(CC=CCC4CCNC(C(C)C)C43)NN2)CC1CC#N. The van der Waals surface area contributed by atoms with Crippen LogP contribution in [-0.4, -0.2) is 100 Å². The number of allylic oxidation sites excluding steroid dienone is 2. The second kappa shape index (κ2) is 12.7. The van der Waals surface area contributed by atoms with Crippen molar-refractivity contribution in [2.24, 2.45) is 17.8 Å². The zero-order chi connectivity index (χ0) is 31.1. The van der Waals surface area contributed by atoms with Gasteiger partial charge in [0.2, 0.25) is 5.91 Å². The van der Waals surface area contributed by atoms with Crippen molar-refractivity contribution in [3.63, 3.8) is 0 Å². The van der Waals surface area contributed by atoms with Crippen LogP contribution in [0, 0.1) is 29.1 Å². The minimum atomic E-state index is -1.23. The summed E-state index contributed by atoms with van der Waals surface area (Å²) in [6.45, 7) is 11.8. The second-order valence-corrected chi connectivity index (χ2v) is 13.5.